The zero-order chi connectivity index (χ0) is 22.8. The van der Waals surface area contributed by atoms with Crippen LogP contribution in [0.4, 0.5) is 5.69 Å². The van der Waals surface area contributed by atoms with E-state index in [1.165, 1.54) is 12.1 Å². The molecule has 0 aliphatic rings. The summed E-state index contributed by atoms with van der Waals surface area (Å²) in [5, 5.41) is 17.0. The molecule has 0 saturated heterocycles. The summed E-state index contributed by atoms with van der Waals surface area (Å²) in [5.41, 5.74) is 3.24. The van der Waals surface area contributed by atoms with Gasteiger partial charge in [-0.15, -0.1) is 0 Å². The Kier molecular flexibility index (Phi) is 5.65. The van der Waals surface area contributed by atoms with Crippen molar-refractivity contribution in [1.29, 1.82) is 0 Å². The Morgan fingerprint density at radius 1 is 1.16 bits per heavy atom. The first kappa shape index (κ1) is 21.1. The summed E-state index contributed by atoms with van der Waals surface area (Å²) in [7, 11) is 3.16. The number of benzene rings is 2. The number of rotatable bonds is 7. The fourth-order valence-corrected chi connectivity index (χ4v) is 3.74. The first-order chi connectivity index (χ1) is 15.4. The normalized spacial score (nSPS) is 11.0. The van der Waals surface area contributed by atoms with Crippen molar-refractivity contribution >= 4 is 28.5 Å². The van der Waals surface area contributed by atoms with Crippen LogP contribution >= 0.6 is 0 Å². The molecular weight excluding hydrogens is 412 g/mol. The molecule has 1 amide bonds. The van der Waals surface area contributed by atoms with Gasteiger partial charge in [0.2, 0.25) is 0 Å². The van der Waals surface area contributed by atoms with Crippen LogP contribution < -0.4 is 10.1 Å². The minimum absolute atomic E-state index is 0.0918. The maximum atomic E-state index is 13.3. The molecule has 4 aromatic rings. The summed E-state index contributed by atoms with van der Waals surface area (Å²) in [6.45, 7) is 2.15. The average Bonchev–Trinajstić information content (AvgIpc) is 3.34. The fraction of sp³-hybridized carbons (Fsp3) is 0.174. The molecule has 0 spiro atoms. The molecule has 0 aliphatic carbocycles. The number of carboxylic acid groups (broad SMARTS) is 1. The SMILES string of the molecule is COCn1cc(-n2c(C)c(C(=O)Nc3cccc(C(=O)O)c3)c3cc(OC)ccc32)cn1. The summed E-state index contributed by atoms with van der Waals surface area (Å²) in [4.78, 5) is 24.6. The van der Waals surface area contributed by atoms with Gasteiger partial charge in [0.1, 0.15) is 12.5 Å². The maximum Gasteiger partial charge on any atom is 0.335 e. The number of carboxylic acids is 1. The molecule has 2 heterocycles. The lowest BCUT2D eigenvalue weighted by Crippen LogP contribution is -2.14. The highest BCUT2D eigenvalue weighted by Crippen LogP contribution is 2.32. The Hall–Kier alpha value is -4.11. The number of nitrogens with zero attached hydrogens (tertiary/aromatic N) is 3. The van der Waals surface area contributed by atoms with Crippen molar-refractivity contribution < 1.29 is 24.2 Å². The first-order valence-electron chi connectivity index (χ1n) is 9.78. The molecule has 0 unspecified atom stereocenters. The van der Waals surface area contributed by atoms with Crippen molar-refractivity contribution in [2.45, 2.75) is 13.7 Å². The van der Waals surface area contributed by atoms with Gasteiger partial charge in [0.15, 0.2) is 0 Å². The topological polar surface area (TPSA) is 108 Å². The monoisotopic (exact) mass is 434 g/mol. The van der Waals surface area contributed by atoms with Crippen LogP contribution in [0.2, 0.25) is 0 Å². The summed E-state index contributed by atoms with van der Waals surface area (Å²) in [6, 6.07) is 11.6. The van der Waals surface area contributed by atoms with Gasteiger partial charge in [-0.05, 0) is 43.3 Å². The molecule has 0 aliphatic heterocycles. The molecule has 32 heavy (non-hydrogen) atoms. The van der Waals surface area contributed by atoms with Gasteiger partial charge in [0.25, 0.3) is 5.91 Å². The number of aromatic nitrogens is 3. The molecule has 2 aromatic heterocycles. The zero-order valence-corrected chi connectivity index (χ0v) is 17.8. The van der Waals surface area contributed by atoms with Gasteiger partial charge < -0.3 is 24.5 Å². The highest BCUT2D eigenvalue weighted by Gasteiger charge is 2.22. The Morgan fingerprint density at radius 2 is 1.97 bits per heavy atom. The Morgan fingerprint density at radius 3 is 2.69 bits per heavy atom. The summed E-state index contributed by atoms with van der Waals surface area (Å²) in [5.74, 6) is -0.801. The third-order valence-corrected chi connectivity index (χ3v) is 5.14. The molecule has 0 radical (unpaired) electrons. The van der Waals surface area contributed by atoms with E-state index in [4.69, 9.17) is 9.47 Å². The number of aromatic carboxylic acids is 1. The zero-order valence-electron chi connectivity index (χ0n) is 17.8. The maximum absolute atomic E-state index is 13.3. The van der Waals surface area contributed by atoms with Crippen LogP contribution in [0.3, 0.4) is 0 Å². The second-order valence-corrected chi connectivity index (χ2v) is 7.17. The number of nitrogens with one attached hydrogen (secondary N) is 1. The lowest BCUT2D eigenvalue weighted by molar-refractivity contribution is 0.0696. The van der Waals surface area contributed by atoms with Gasteiger partial charge >= 0.3 is 5.97 Å². The molecule has 4 rings (SSSR count). The van der Waals surface area contributed by atoms with E-state index in [9.17, 15) is 14.7 Å². The van der Waals surface area contributed by atoms with Crippen molar-refractivity contribution in [2.75, 3.05) is 19.5 Å². The number of fused-ring (bicyclic) bond motifs is 1. The van der Waals surface area contributed by atoms with Gasteiger partial charge in [-0.3, -0.25) is 4.79 Å². The van der Waals surface area contributed by atoms with Crippen LogP contribution in [0.25, 0.3) is 16.6 Å². The number of hydrogen-bond acceptors (Lipinski definition) is 5. The molecule has 9 nitrogen and oxygen atoms in total. The number of methoxy groups -OCH3 is 2. The predicted octanol–water partition coefficient (Wildman–Crippen LogP) is 3.70. The summed E-state index contributed by atoms with van der Waals surface area (Å²) < 4.78 is 14.1. The van der Waals surface area contributed by atoms with E-state index in [1.807, 2.05) is 29.8 Å². The summed E-state index contributed by atoms with van der Waals surface area (Å²) in [6.07, 6.45) is 3.53. The van der Waals surface area contributed by atoms with E-state index in [2.05, 4.69) is 10.4 Å². The Balaban J connectivity index is 1.82. The molecule has 164 valence electrons. The molecule has 2 aromatic carbocycles. The van der Waals surface area contributed by atoms with E-state index in [0.717, 1.165) is 11.2 Å². The number of carbonyl (C=O) groups is 2. The fourth-order valence-electron chi connectivity index (χ4n) is 3.74. The van der Waals surface area contributed by atoms with Crippen LogP contribution in [-0.4, -0.2) is 45.6 Å². The van der Waals surface area contributed by atoms with E-state index in [0.29, 0.717) is 34.8 Å². The van der Waals surface area contributed by atoms with Crippen molar-refractivity contribution in [3.05, 3.63) is 71.7 Å². The second kappa shape index (κ2) is 8.56. The Bertz CT molecular complexity index is 1320. The number of amides is 1. The van der Waals surface area contributed by atoms with Crippen molar-refractivity contribution in [1.82, 2.24) is 14.3 Å². The smallest absolute Gasteiger partial charge is 0.335 e. The van der Waals surface area contributed by atoms with Gasteiger partial charge in [0.05, 0.1) is 41.8 Å². The predicted molar refractivity (Wildman–Crippen MR) is 119 cm³/mol. The lowest BCUT2D eigenvalue weighted by atomic mass is 10.1. The van der Waals surface area contributed by atoms with Crippen LogP contribution in [-0.2, 0) is 11.5 Å². The quantitative estimate of drug-likeness (QED) is 0.459. The molecule has 0 fully saturated rings. The van der Waals surface area contributed by atoms with Crippen LogP contribution in [0.5, 0.6) is 5.75 Å². The Labute approximate surface area is 183 Å². The molecular formula is C23H22N4O5. The largest absolute Gasteiger partial charge is 0.497 e. The minimum Gasteiger partial charge on any atom is -0.497 e. The first-order valence-corrected chi connectivity index (χ1v) is 9.78. The third kappa shape index (κ3) is 3.81. The van der Waals surface area contributed by atoms with E-state index >= 15 is 0 Å². The van der Waals surface area contributed by atoms with Gasteiger partial charge in [0, 0.05) is 23.9 Å². The molecule has 0 saturated carbocycles. The number of anilines is 1. The average molecular weight is 434 g/mol. The van der Waals surface area contributed by atoms with Crippen LogP contribution in [0, 0.1) is 6.92 Å². The highest BCUT2D eigenvalue weighted by atomic mass is 16.5. The van der Waals surface area contributed by atoms with E-state index in [1.54, 1.807) is 43.3 Å². The second-order valence-electron chi connectivity index (χ2n) is 7.17. The van der Waals surface area contributed by atoms with E-state index < -0.39 is 5.97 Å². The van der Waals surface area contributed by atoms with Crippen LogP contribution in [0.15, 0.2) is 54.9 Å². The standard InChI is InChI=1S/C23H22N4O5/c1-14-21(22(28)25-16-6-4-5-15(9-16)23(29)30)19-10-18(32-3)7-8-20(19)27(14)17-11-24-26(12-17)13-31-2/h4-12H,13H2,1-3H3,(H,25,28)(H,29,30). The molecule has 0 bridgehead atoms. The minimum atomic E-state index is -1.06. The third-order valence-electron chi connectivity index (χ3n) is 5.14. The van der Waals surface area contributed by atoms with Crippen molar-refractivity contribution in [3.63, 3.8) is 0 Å². The summed E-state index contributed by atoms with van der Waals surface area (Å²) >= 11 is 0. The number of hydrogen-bond donors (Lipinski definition) is 2. The molecule has 0 atom stereocenters. The lowest BCUT2D eigenvalue weighted by Gasteiger charge is -2.08. The van der Waals surface area contributed by atoms with Crippen LogP contribution in [0.1, 0.15) is 26.4 Å². The molecule has 9 heteroatoms. The number of carbonyl (C=O) groups excluding carboxylic acids is 1. The van der Waals surface area contributed by atoms with Crippen molar-refractivity contribution in [2.24, 2.45) is 0 Å². The number of ether oxygens (including phenoxy) is 2. The van der Waals surface area contributed by atoms with Gasteiger partial charge in [-0.1, -0.05) is 6.07 Å². The molecule has 2 N–H and O–H groups in total. The highest BCUT2D eigenvalue weighted by molar-refractivity contribution is 6.15. The van der Waals surface area contributed by atoms with E-state index in [-0.39, 0.29) is 11.5 Å². The van der Waals surface area contributed by atoms with Gasteiger partial charge in [-0.2, -0.15) is 5.10 Å². The van der Waals surface area contributed by atoms with Gasteiger partial charge in [-0.25, -0.2) is 9.48 Å². The van der Waals surface area contributed by atoms with Crippen molar-refractivity contribution in [3.8, 4) is 11.4 Å².